The Hall–Kier alpha value is -0.984. The second-order valence-corrected chi connectivity index (χ2v) is 4.89. The fourth-order valence-corrected chi connectivity index (χ4v) is 2.32. The maximum absolute atomic E-state index is 11.4. The SMILES string of the molecule is O=C(O)c1ccccc1CC(Cc1ccccc1)C(=O)O.[K+]. The molecular weight excluding hydrogens is 307 g/mol. The van der Waals surface area contributed by atoms with E-state index < -0.39 is 17.9 Å². The smallest absolute Gasteiger partial charge is 0.481 e. The largest absolute Gasteiger partial charge is 1.00 e. The average molecular weight is 323 g/mol. The molecule has 2 rings (SSSR count). The Morgan fingerprint density at radius 2 is 1.45 bits per heavy atom. The summed E-state index contributed by atoms with van der Waals surface area (Å²) in [6.45, 7) is 0. The summed E-state index contributed by atoms with van der Waals surface area (Å²) in [5.41, 5.74) is 1.64. The van der Waals surface area contributed by atoms with Crippen molar-refractivity contribution in [1.29, 1.82) is 0 Å². The van der Waals surface area contributed by atoms with Crippen LogP contribution in [0.2, 0.25) is 0 Å². The normalized spacial score (nSPS) is 11.3. The summed E-state index contributed by atoms with van der Waals surface area (Å²) in [5, 5.41) is 18.5. The predicted molar refractivity (Wildman–Crippen MR) is 78.4 cm³/mol. The van der Waals surface area contributed by atoms with E-state index in [1.165, 1.54) is 6.07 Å². The van der Waals surface area contributed by atoms with Crippen LogP contribution in [0.5, 0.6) is 0 Å². The molecule has 2 N–H and O–H groups in total. The van der Waals surface area contributed by atoms with Crippen molar-refractivity contribution in [3.63, 3.8) is 0 Å². The monoisotopic (exact) mass is 323 g/mol. The van der Waals surface area contributed by atoms with Crippen LogP contribution in [0.25, 0.3) is 0 Å². The van der Waals surface area contributed by atoms with Crippen LogP contribution in [0.4, 0.5) is 0 Å². The molecule has 0 spiro atoms. The Bertz CT molecular complexity index is 640. The molecule has 22 heavy (non-hydrogen) atoms. The van der Waals surface area contributed by atoms with Crippen molar-refractivity contribution in [3.05, 3.63) is 71.3 Å². The number of benzene rings is 2. The molecule has 0 amide bonds. The van der Waals surface area contributed by atoms with Crippen molar-refractivity contribution in [1.82, 2.24) is 0 Å². The van der Waals surface area contributed by atoms with E-state index in [0.717, 1.165) is 5.56 Å². The molecular formula is C17H16KO4+. The molecule has 0 aliphatic rings. The van der Waals surface area contributed by atoms with Gasteiger partial charge in [0.15, 0.2) is 0 Å². The Balaban J connectivity index is 0.00000242. The third kappa shape index (κ3) is 5.33. The molecule has 1 atom stereocenters. The van der Waals surface area contributed by atoms with E-state index in [-0.39, 0.29) is 63.4 Å². The van der Waals surface area contributed by atoms with Gasteiger partial charge in [-0.1, -0.05) is 48.5 Å². The van der Waals surface area contributed by atoms with Crippen molar-refractivity contribution >= 4 is 11.9 Å². The number of carbonyl (C=O) groups is 2. The van der Waals surface area contributed by atoms with Crippen LogP contribution >= 0.6 is 0 Å². The van der Waals surface area contributed by atoms with E-state index in [4.69, 9.17) is 5.11 Å². The first-order valence-electron chi connectivity index (χ1n) is 6.66. The second kappa shape index (κ2) is 9.22. The topological polar surface area (TPSA) is 74.6 Å². The van der Waals surface area contributed by atoms with Crippen LogP contribution in [-0.4, -0.2) is 22.2 Å². The number of rotatable bonds is 6. The molecule has 0 aromatic heterocycles. The quantitative estimate of drug-likeness (QED) is 0.727. The summed E-state index contributed by atoms with van der Waals surface area (Å²) >= 11 is 0. The Labute approximate surface area is 171 Å². The third-order valence-electron chi connectivity index (χ3n) is 3.39. The minimum Gasteiger partial charge on any atom is -0.481 e. The van der Waals surface area contributed by atoms with Crippen molar-refractivity contribution < 1.29 is 71.2 Å². The summed E-state index contributed by atoms with van der Waals surface area (Å²) in [7, 11) is 0. The molecule has 0 saturated carbocycles. The maximum atomic E-state index is 11.4. The van der Waals surface area contributed by atoms with Gasteiger partial charge in [0.05, 0.1) is 11.5 Å². The van der Waals surface area contributed by atoms with E-state index in [0.29, 0.717) is 12.0 Å². The minimum absolute atomic E-state index is 0. The zero-order chi connectivity index (χ0) is 15.2. The van der Waals surface area contributed by atoms with Crippen LogP contribution in [0.3, 0.4) is 0 Å². The van der Waals surface area contributed by atoms with Gasteiger partial charge in [0, 0.05) is 0 Å². The molecule has 0 aliphatic carbocycles. The van der Waals surface area contributed by atoms with Crippen LogP contribution in [-0.2, 0) is 17.6 Å². The molecule has 2 aromatic rings. The Kier molecular flexibility index (Phi) is 7.99. The molecule has 4 nitrogen and oxygen atoms in total. The number of aromatic carboxylic acids is 1. The Morgan fingerprint density at radius 1 is 0.864 bits per heavy atom. The number of carboxylic acid groups (broad SMARTS) is 2. The summed E-state index contributed by atoms with van der Waals surface area (Å²) in [5.74, 6) is -2.60. The summed E-state index contributed by atoms with van der Waals surface area (Å²) in [6.07, 6.45) is 0.580. The van der Waals surface area contributed by atoms with Gasteiger partial charge in [-0.25, -0.2) is 4.79 Å². The summed E-state index contributed by atoms with van der Waals surface area (Å²) in [6, 6.07) is 15.9. The summed E-state index contributed by atoms with van der Waals surface area (Å²) < 4.78 is 0. The molecule has 2 aromatic carbocycles. The summed E-state index contributed by atoms with van der Waals surface area (Å²) in [4.78, 5) is 22.6. The van der Waals surface area contributed by atoms with Gasteiger partial charge in [0.2, 0.25) is 0 Å². The number of carboxylic acids is 2. The number of hydrogen-bond donors (Lipinski definition) is 2. The molecule has 0 fully saturated rings. The second-order valence-electron chi connectivity index (χ2n) is 4.89. The molecule has 1 unspecified atom stereocenters. The van der Waals surface area contributed by atoms with Gasteiger partial charge in [-0.2, -0.15) is 0 Å². The van der Waals surface area contributed by atoms with Crippen molar-refractivity contribution in [3.8, 4) is 0 Å². The third-order valence-corrected chi connectivity index (χ3v) is 3.39. The van der Waals surface area contributed by atoms with Gasteiger partial charge in [-0.15, -0.1) is 0 Å². The Morgan fingerprint density at radius 3 is 2.05 bits per heavy atom. The van der Waals surface area contributed by atoms with Crippen LogP contribution in [0, 0.1) is 5.92 Å². The molecule has 0 radical (unpaired) electrons. The molecule has 5 heteroatoms. The van der Waals surface area contributed by atoms with Crippen molar-refractivity contribution in [2.75, 3.05) is 0 Å². The van der Waals surface area contributed by atoms with Gasteiger partial charge in [0.25, 0.3) is 0 Å². The van der Waals surface area contributed by atoms with Gasteiger partial charge in [-0.05, 0) is 30.0 Å². The van der Waals surface area contributed by atoms with E-state index in [9.17, 15) is 14.7 Å². The van der Waals surface area contributed by atoms with Crippen molar-refractivity contribution in [2.24, 2.45) is 5.92 Å². The molecule has 108 valence electrons. The zero-order valence-electron chi connectivity index (χ0n) is 12.4. The number of aliphatic carboxylic acids is 1. The zero-order valence-corrected chi connectivity index (χ0v) is 15.5. The van der Waals surface area contributed by atoms with E-state index in [1.54, 1.807) is 18.2 Å². The van der Waals surface area contributed by atoms with Crippen LogP contribution in [0.1, 0.15) is 21.5 Å². The van der Waals surface area contributed by atoms with Gasteiger partial charge < -0.3 is 10.2 Å². The first-order valence-corrected chi connectivity index (χ1v) is 6.66. The molecule has 0 heterocycles. The fraction of sp³-hybridized carbons (Fsp3) is 0.176. The first kappa shape index (κ1) is 19.1. The standard InChI is InChI=1S/C17H16O4.K/c18-16(19)14(10-12-6-2-1-3-7-12)11-13-8-4-5-9-15(13)17(20)21;/h1-9,14H,10-11H2,(H,18,19)(H,20,21);/q;+1. The van der Waals surface area contributed by atoms with E-state index >= 15 is 0 Å². The van der Waals surface area contributed by atoms with Crippen LogP contribution in [0.15, 0.2) is 54.6 Å². The van der Waals surface area contributed by atoms with Gasteiger partial charge in [-0.3, -0.25) is 4.79 Å². The van der Waals surface area contributed by atoms with Crippen LogP contribution < -0.4 is 51.4 Å². The fourth-order valence-electron chi connectivity index (χ4n) is 2.32. The molecule has 0 bridgehead atoms. The maximum Gasteiger partial charge on any atom is 1.00 e. The van der Waals surface area contributed by atoms with Gasteiger partial charge >= 0.3 is 63.3 Å². The van der Waals surface area contributed by atoms with E-state index in [2.05, 4.69) is 0 Å². The number of hydrogen-bond acceptors (Lipinski definition) is 2. The van der Waals surface area contributed by atoms with Crippen molar-refractivity contribution in [2.45, 2.75) is 12.8 Å². The molecule has 0 aliphatic heterocycles. The van der Waals surface area contributed by atoms with Gasteiger partial charge in [0.1, 0.15) is 0 Å². The first-order chi connectivity index (χ1) is 10.1. The van der Waals surface area contributed by atoms with E-state index in [1.807, 2.05) is 30.3 Å². The minimum atomic E-state index is -1.03. The molecule has 0 saturated heterocycles. The predicted octanol–water partition coefficient (Wildman–Crippen LogP) is -0.125. The average Bonchev–Trinajstić information content (AvgIpc) is 2.48.